The highest BCUT2D eigenvalue weighted by molar-refractivity contribution is 6.51. The molecule has 1 unspecified atom stereocenters. The average Bonchev–Trinajstić information content (AvgIpc) is 3.14. The van der Waals surface area contributed by atoms with Crippen LogP contribution in [0.2, 0.25) is 5.02 Å². The number of aromatic nitrogens is 1. The quantitative estimate of drug-likeness (QED) is 0.218. The molecule has 0 bridgehead atoms. The fourth-order valence-corrected chi connectivity index (χ4v) is 4.11. The highest BCUT2D eigenvalue weighted by Gasteiger charge is 2.47. The molecule has 36 heavy (non-hydrogen) atoms. The van der Waals surface area contributed by atoms with Gasteiger partial charge in [-0.3, -0.25) is 19.5 Å². The van der Waals surface area contributed by atoms with Gasteiger partial charge < -0.3 is 14.6 Å². The summed E-state index contributed by atoms with van der Waals surface area (Å²) < 4.78 is 10.4. The van der Waals surface area contributed by atoms with Gasteiger partial charge in [-0.25, -0.2) is 4.79 Å². The molecule has 1 saturated heterocycles. The van der Waals surface area contributed by atoms with Crippen LogP contribution in [-0.2, 0) is 14.3 Å². The van der Waals surface area contributed by atoms with Crippen molar-refractivity contribution in [3.63, 3.8) is 0 Å². The molecule has 1 N–H and O–H groups in total. The van der Waals surface area contributed by atoms with E-state index >= 15 is 0 Å². The number of Topliss-reactive ketones (excluding diaryl/α,β-unsaturated/α-hetero) is 1. The summed E-state index contributed by atoms with van der Waals surface area (Å²) in [7, 11) is 1.43. The van der Waals surface area contributed by atoms with Crippen LogP contribution in [0.4, 0.5) is 5.69 Å². The van der Waals surface area contributed by atoms with Crippen LogP contribution in [0.3, 0.4) is 0 Å². The molecular formula is C27H23ClN2O6. The Kier molecular flexibility index (Phi) is 7.07. The maximum absolute atomic E-state index is 13.2. The zero-order valence-corrected chi connectivity index (χ0v) is 20.5. The summed E-state index contributed by atoms with van der Waals surface area (Å²) in [5.41, 5.74) is 1.14. The van der Waals surface area contributed by atoms with Crippen LogP contribution in [-0.4, -0.2) is 41.0 Å². The number of hydrogen-bond acceptors (Lipinski definition) is 7. The van der Waals surface area contributed by atoms with Gasteiger partial charge in [-0.2, -0.15) is 0 Å². The third-order valence-electron chi connectivity index (χ3n) is 5.56. The van der Waals surface area contributed by atoms with E-state index in [4.69, 9.17) is 21.1 Å². The Hall–Kier alpha value is -4.17. The number of hydrogen-bond donors (Lipinski definition) is 1. The number of carbonyl (C=O) groups excluding carboxylic acids is 3. The SMILES string of the molecule is COc1cc(/C(O)=C2/C(=O)C(=O)N(c3ccc(C(=O)OC(C)C)cc3)C2c2ccccn2)ccc1Cl. The van der Waals surface area contributed by atoms with E-state index in [1.807, 2.05) is 0 Å². The standard InChI is InChI=1S/C27H23ClN2O6/c1-15(2)36-27(34)16-7-10-18(11-8-16)30-23(20-6-4-5-13-29-20)22(25(32)26(30)33)24(31)17-9-12-19(28)21(14-17)35-3/h4-15,23,31H,1-3H3/b24-22-. The largest absolute Gasteiger partial charge is 0.507 e. The molecule has 0 saturated carbocycles. The Morgan fingerprint density at radius 2 is 1.75 bits per heavy atom. The number of benzene rings is 2. The number of aliphatic hydroxyl groups excluding tert-OH is 1. The second-order valence-corrected chi connectivity index (χ2v) is 8.68. The normalized spacial score (nSPS) is 16.9. The molecule has 2 aromatic carbocycles. The van der Waals surface area contributed by atoms with Crippen molar-refractivity contribution in [2.75, 3.05) is 12.0 Å². The van der Waals surface area contributed by atoms with Crippen LogP contribution in [0.15, 0.2) is 72.4 Å². The monoisotopic (exact) mass is 506 g/mol. The van der Waals surface area contributed by atoms with Crippen LogP contribution in [0.5, 0.6) is 5.75 Å². The molecular weight excluding hydrogens is 484 g/mol. The summed E-state index contributed by atoms with van der Waals surface area (Å²) in [6, 6.07) is 14.7. The van der Waals surface area contributed by atoms with Gasteiger partial charge in [0, 0.05) is 17.4 Å². The van der Waals surface area contributed by atoms with Crippen molar-refractivity contribution in [3.8, 4) is 5.75 Å². The van der Waals surface area contributed by atoms with Gasteiger partial charge in [0.1, 0.15) is 17.6 Å². The fraction of sp³-hybridized carbons (Fsp3) is 0.185. The minimum Gasteiger partial charge on any atom is -0.507 e. The summed E-state index contributed by atoms with van der Waals surface area (Å²) in [6.45, 7) is 3.49. The van der Waals surface area contributed by atoms with E-state index in [2.05, 4.69) is 4.98 Å². The number of pyridine rings is 1. The number of aliphatic hydroxyl groups is 1. The molecule has 9 heteroatoms. The highest BCUT2D eigenvalue weighted by Crippen LogP contribution is 2.42. The molecule has 1 aliphatic rings. The number of ether oxygens (including phenoxy) is 2. The molecule has 1 aliphatic heterocycles. The summed E-state index contributed by atoms with van der Waals surface area (Å²) >= 11 is 6.11. The summed E-state index contributed by atoms with van der Waals surface area (Å²) in [6.07, 6.45) is 1.25. The fourth-order valence-electron chi connectivity index (χ4n) is 3.92. The zero-order valence-electron chi connectivity index (χ0n) is 19.8. The molecule has 1 atom stereocenters. The number of ketones is 1. The Balaban J connectivity index is 1.83. The van der Waals surface area contributed by atoms with Gasteiger partial charge in [0.25, 0.3) is 11.7 Å². The van der Waals surface area contributed by atoms with E-state index in [1.54, 1.807) is 44.2 Å². The number of nitrogens with zero attached hydrogens (tertiary/aromatic N) is 2. The van der Waals surface area contributed by atoms with Crippen LogP contribution < -0.4 is 9.64 Å². The van der Waals surface area contributed by atoms with Gasteiger partial charge in [-0.05, 0) is 68.4 Å². The molecule has 4 rings (SSSR count). The summed E-state index contributed by atoms with van der Waals surface area (Å²) in [5, 5.41) is 11.5. The molecule has 1 aromatic heterocycles. The predicted molar refractivity (Wildman–Crippen MR) is 134 cm³/mol. The first-order chi connectivity index (χ1) is 17.2. The number of rotatable bonds is 6. The smallest absolute Gasteiger partial charge is 0.338 e. The number of anilines is 1. The van der Waals surface area contributed by atoms with Crippen molar-refractivity contribution >= 4 is 40.7 Å². The van der Waals surface area contributed by atoms with E-state index in [0.29, 0.717) is 27.7 Å². The lowest BCUT2D eigenvalue weighted by Crippen LogP contribution is -2.29. The summed E-state index contributed by atoms with van der Waals surface area (Å²) in [4.78, 5) is 44.3. The Morgan fingerprint density at radius 1 is 1.06 bits per heavy atom. The second-order valence-electron chi connectivity index (χ2n) is 8.27. The van der Waals surface area contributed by atoms with Crippen molar-refractivity contribution in [3.05, 3.63) is 94.3 Å². The van der Waals surface area contributed by atoms with E-state index in [-0.39, 0.29) is 17.2 Å². The molecule has 184 valence electrons. The van der Waals surface area contributed by atoms with Crippen LogP contribution in [0.25, 0.3) is 5.76 Å². The molecule has 8 nitrogen and oxygen atoms in total. The van der Waals surface area contributed by atoms with Gasteiger partial charge in [0.15, 0.2) is 0 Å². The number of methoxy groups -OCH3 is 1. The Bertz CT molecular complexity index is 1350. The average molecular weight is 507 g/mol. The van der Waals surface area contributed by atoms with Crippen molar-refractivity contribution in [2.24, 2.45) is 0 Å². The second kappa shape index (κ2) is 10.2. The van der Waals surface area contributed by atoms with Crippen LogP contribution >= 0.6 is 11.6 Å². The van der Waals surface area contributed by atoms with E-state index in [1.165, 1.54) is 48.5 Å². The third kappa shape index (κ3) is 4.67. The van der Waals surface area contributed by atoms with Crippen molar-refractivity contribution < 1.29 is 29.0 Å². The van der Waals surface area contributed by atoms with Gasteiger partial charge in [-0.15, -0.1) is 0 Å². The van der Waals surface area contributed by atoms with Gasteiger partial charge >= 0.3 is 5.97 Å². The molecule has 0 aliphatic carbocycles. The number of halogens is 1. The van der Waals surface area contributed by atoms with Crippen molar-refractivity contribution in [2.45, 2.75) is 26.0 Å². The first-order valence-corrected chi connectivity index (χ1v) is 11.5. The molecule has 0 spiro atoms. The Labute approximate surface area is 212 Å². The maximum atomic E-state index is 13.2. The van der Waals surface area contributed by atoms with Gasteiger partial charge in [-0.1, -0.05) is 17.7 Å². The molecule has 1 fully saturated rings. The lowest BCUT2D eigenvalue weighted by atomic mass is 9.98. The molecule has 1 amide bonds. The lowest BCUT2D eigenvalue weighted by Gasteiger charge is -2.24. The van der Waals surface area contributed by atoms with E-state index in [9.17, 15) is 19.5 Å². The van der Waals surface area contributed by atoms with E-state index < -0.39 is 29.5 Å². The van der Waals surface area contributed by atoms with Crippen LogP contribution in [0, 0.1) is 0 Å². The van der Waals surface area contributed by atoms with Gasteiger partial charge in [0.2, 0.25) is 0 Å². The molecule has 3 aromatic rings. The van der Waals surface area contributed by atoms with Crippen molar-refractivity contribution in [1.29, 1.82) is 0 Å². The maximum Gasteiger partial charge on any atom is 0.338 e. The minimum atomic E-state index is -1.01. The first kappa shape index (κ1) is 24.9. The minimum absolute atomic E-state index is 0.133. The number of carbonyl (C=O) groups is 3. The van der Waals surface area contributed by atoms with Crippen molar-refractivity contribution in [1.82, 2.24) is 4.98 Å². The Morgan fingerprint density at radius 3 is 2.36 bits per heavy atom. The molecule has 2 heterocycles. The molecule has 0 radical (unpaired) electrons. The summed E-state index contributed by atoms with van der Waals surface area (Å²) in [5.74, 6) is -2.31. The number of amides is 1. The van der Waals surface area contributed by atoms with Crippen LogP contribution in [0.1, 0.15) is 41.5 Å². The lowest BCUT2D eigenvalue weighted by molar-refractivity contribution is -0.132. The van der Waals surface area contributed by atoms with Gasteiger partial charge in [0.05, 0.1) is 35.1 Å². The third-order valence-corrected chi connectivity index (χ3v) is 5.87. The number of esters is 1. The zero-order chi connectivity index (χ0) is 26.0. The first-order valence-electron chi connectivity index (χ1n) is 11.1. The topological polar surface area (TPSA) is 106 Å². The predicted octanol–water partition coefficient (Wildman–Crippen LogP) is 4.94. The highest BCUT2D eigenvalue weighted by atomic mass is 35.5. The van der Waals surface area contributed by atoms with E-state index in [0.717, 1.165) is 0 Å².